The minimum absolute atomic E-state index is 0.135. The first-order valence-corrected chi connectivity index (χ1v) is 7.28. The number of nitro groups is 1. The second-order valence-corrected chi connectivity index (χ2v) is 5.55. The number of hydrogen-bond donors (Lipinski definition) is 0. The lowest BCUT2D eigenvalue weighted by Crippen LogP contribution is -2.41. The van der Waals surface area contributed by atoms with Crippen LogP contribution in [0.25, 0.3) is 11.3 Å². The molecule has 0 radical (unpaired) electrons. The summed E-state index contributed by atoms with van der Waals surface area (Å²) >= 11 is 0. The predicted octanol–water partition coefficient (Wildman–Crippen LogP) is 1.04. The maximum atomic E-state index is 12.2. The maximum Gasteiger partial charge on any atom is 0.270 e. The van der Waals surface area contributed by atoms with E-state index in [1.807, 2.05) is 0 Å². The monoisotopic (exact) mass is 344 g/mol. The predicted molar refractivity (Wildman–Crippen MR) is 89.0 cm³/mol. The average Bonchev–Trinajstić information content (AvgIpc) is 2.56. The second-order valence-electron chi connectivity index (χ2n) is 5.55. The molecule has 1 aromatic heterocycles. The Morgan fingerprint density at radius 3 is 2.48 bits per heavy atom. The number of non-ortho nitro benzene ring substituents is 1. The number of carbonyl (C=O) groups is 2. The molecule has 1 unspecified atom stereocenters. The van der Waals surface area contributed by atoms with Gasteiger partial charge in [-0.25, -0.2) is 4.68 Å². The van der Waals surface area contributed by atoms with E-state index in [0.29, 0.717) is 5.56 Å². The zero-order valence-electron chi connectivity index (χ0n) is 13.9. The Kier molecular flexibility index (Phi) is 5.06. The average molecular weight is 344 g/mol. The van der Waals surface area contributed by atoms with Crippen LogP contribution in [0.1, 0.15) is 13.0 Å². The largest absolute Gasteiger partial charge is 0.347 e. The zero-order chi connectivity index (χ0) is 18.7. The molecule has 0 aliphatic heterocycles. The molecule has 2 rings (SSSR count). The first-order chi connectivity index (χ1) is 11.7. The summed E-state index contributed by atoms with van der Waals surface area (Å²) in [6, 6.07) is 6.86. The molecule has 0 saturated carbocycles. The van der Waals surface area contributed by atoms with Crippen LogP contribution in [-0.2, 0) is 9.59 Å². The number of benzene rings is 1. The van der Waals surface area contributed by atoms with Crippen molar-refractivity contribution in [3.63, 3.8) is 0 Å². The lowest BCUT2D eigenvalue weighted by molar-refractivity contribution is -0.384. The van der Waals surface area contributed by atoms with Gasteiger partial charge < -0.3 is 4.90 Å². The summed E-state index contributed by atoms with van der Waals surface area (Å²) in [5, 5.41) is 15.0. The summed E-state index contributed by atoms with van der Waals surface area (Å²) < 4.78 is 0.804. The van der Waals surface area contributed by atoms with Crippen molar-refractivity contribution in [1.82, 2.24) is 14.7 Å². The topological polar surface area (TPSA) is 115 Å². The summed E-state index contributed by atoms with van der Waals surface area (Å²) in [6.07, 6.45) is 0. The van der Waals surface area contributed by atoms with Gasteiger partial charge in [0, 0.05) is 37.9 Å². The van der Waals surface area contributed by atoms with Crippen LogP contribution in [-0.4, -0.2) is 45.4 Å². The molecule has 130 valence electrons. The van der Waals surface area contributed by atoms with Crippen molar-refractivity contribution in [3.8, 4) is 11.3 Å². The van der Waals surface area contributed by atoms with Crippen molar-refractivity contribution < 1.29 is 14.5 Å². The van der Waals surface area contributed by atoms with Crippen LogP contribution in [0.5, 0.6) is 0 Å². The fraction of sp³-hybridized carbons (Fsp3) is 0.250. The fourth-order valence-electron chi connectivity index (χ4n) is 2.24. The number of ketones is 1. The summed E-state index contributed by atoms with van der Waals surface area (Å²) in [4.78, 5) is 47.8. The minimum Gasteiger partial charge on any atom is -0.347 e. The number of aromatic nitrogens is 2. The molecule has 9 nitrogen and oxygen atoms in total. The van der Waals surface area contributed by atoms with E-state index in [1.165, 1.54) is 56.3 Å². The van der Waals surface area contributed by atoms with Gasteiger partial charge in [-0.05, 0) is 13.0 Å². The Hall–Kier alpha value is -3.36. The molecule has 0 bridgehead atoms. The molecule has 1 aromatic carbocycles. The Morgan fingerprint density at radius 2 is 1.92 bits per heavy atom. The van der Waals surface area contributed by atoms with E-state index in [0.717, 1.165) is 4.68 Å². The molecule has 2 aromatic rings. The number of nitro benzene ring substituents is 1. The van der Waals surface area contributed by atoms with Gasteiger partial charge in [-0.3, -0.25) is 24.5 Å². The number of nitrogens with zero attached hydrogens (tertiary/aromatic N) is 4. The number of hydrogen-bond acceptors (Lipinski definition) is 6. The standard InChI is InChI=1S/C16H16N4O5/c1-10(21)15(16(23)18(2)3)19-14(22)8-7-13(17-19)11-5-4-6-12(9-11)20(24)25/h4-9,15H,1-3H3. The van der Waals surface area contributed by atoms with E-state index < -0.39 is 28.2 Å². The molecule has 1 atom stereocenters. The van der Waals surface area contributed by atoms with Crippen molar-refractivity contribution in [2.75, 3.05) is 14.1 Å². The third kappa shape index (κ3) is 3.77. The van der Waals surface area contributed by atoms with E-state index >= 15 is 0 Å². The minimum atomic E-state index is -1.39. The molecule has 0 spiro atoms. The first kappa shape index (κ1) is 18.0. The quantitative estimate of drug-likeness (QED) is 0.454. The van der Waals surface area contributed by atoms with Gasteiger partial charge in [-0.15, -0.1) is 0 Å². The number of rotatable bonds is 5. The van der Waals surface area contributed by atoms with E-state index in [4.69, 9.17) is 0 Å². The molecular formula is C16H16N4O5. The van der Waals surface area contributed by atoms with Crippen LogP contribution in [0.3, 0.4) is 0 Å². The lowest BCUT2D eigenvalue weighted by Gasteiger charge is -2.19. The van der Waals surface area contributed by atoms with Gasteiger partial charge in [0.2, 0.25) is 0 Å². The highest BCUT2D eigenvalue weighted by molar-refractivity contribution is 6.02. The summed E-state index contributed by atoms with van der Waals surface area (Å²) in [7, 11) is 2.93. The number of amides is 1. The molecule has 0 saturated heterocycles. The van der Waals surface area contributed by atoms with Gasteiger partial charge in [-0.2, -0.15) is 5.10 Å². The maximum absolute atomic E-state index is 12.2. The van der Waals surface area contributed by atoms with Gasteiger partial charge in [0.25, 0.3) is 17.2 Å². The molecule has 0 aliphatic carbocycles. The Labute approximate surface area is 142 Å². The van der Waals surface area contributed by atoms with Gasteiger partial charge in [-0.1, -0.05) is 12.1 Å². The smallest absolute Gasteiger partial charge is 0.270 e. The molecule has 0 fully saturated rings. The van der Waals surface area contributed by atoms with E-state index in [9.17, 15) is 24.5 Å². The van der Waals surface area contributed by atoms with Crippen molar-refractivity contribution in [3.05, 3.63) is 56.9 Å². The number of carbonyl (C=O) groups excluding carboxylic acids is 2. The second kappa shape index (κ2) is 7.04. The van der Waals surface area contributed by atoms with Gasteiger partial charge >= 0.3 is 0 Å². The van der Waals surface area contributed by atoms with E-state index in [1.54, 1.807) is 6.07 Å². The van der Waals surface area contributed by atoms with Crippen LogP contribution in [0, 0.1) is 10.1 Å². The molecular weight excluding hydrogens is 328 g/mol. The fourth-order valence-corrected chi connectivity index (χ4v) is 2.24. The zero-order valence-corrected chi connectivity index (χ0v) is 13.9. The Bertz CT molecular complexity index is 903. The van der Waals surface area contributed by atoms with Gasteiger partial charge in [0.15, 0.2) is 11.8 Å². The number of likely N-dealkylation sites (N-methyl/N-ethyl adjacent to an activating group) is 1. The Balaban J connectivity index is 2.59. The van der Waals surface area contributed by atoms with Crippen LogP contribution < -0.4 is 5.56 Å². The van der Waals surface area contributed by atoms with Crippen LogP contribution in [0.15, 0.2) is 41.2 Å². The summed E-state index contributed by atoms with van der Waals surface area (Å²) in [6.45, 7) is 1.19. The van der Waals surface area contributed by atoms with Crippen LogP contribution in [0.4, 0.5) is 5.69 Å². The first-order valence-electron chi connectivity index (χ1n) is 7.28. The van der Waals surface area contributed by atoms with Crippen molar-refractivity contribution in [2.24, 2.45) is 0 Å². The van der Waals surface area contributed by atoms with Crippen molar-refractivity contribution in [1.29, 1.82) is 0 Å². The van der Waals surface area contributed by atoms with E-state index in [-0.39, 0.29) is 11.4 Å². The van der Waals surface area contributed by atoms with Gasteiger partial charge in [0.05, 0.1) is 10.6 Å². The highest BCUT2D eigenvalue weighted by Gasteiger charge is 2.29. The van der Waals surface area contributed by atoms with Crippen LogP contribution >= 0.6 is 0 Å². The SMILES string of the molecule is CC(=O)C(C(=O)N(C)C)n1nc(-c2cccc([N+](=O)[O-])c2)ccc1=O. The Morgan fingerprint density at radius 1 is 1.24 bits per heavy atom. The molecule has 1 heterocycles. The molecule has 9 heteroatoms. The van der Waals surface area contributed by atoms with Crippen LogP contribution in [0.2, 0.25) is 0 Å². The molecule has 25 heavy (non-hydrogen) atoms. The summed E-state index contributed by atoms with van der Waals surface area (Å²) in [5.41, 5.74) is -0.127. The van der Waals surface area contributed by atoms with E-state index in [2.05, 4.69) is 5.10 Å². The summed E-state index contributed by atoms with van der Waals surface area (Å²) in [5.74, 6) is -1.12. The number of Topliss-reactive ketones (excluding diaryl/α,β-unsaturated/α-hetero) is 1. The van der Waals surface area contributed by atoms with Crippen molar-refractivity contribution in [2.45, 2.75) is 13.0 Å². The molecule has 1 amide bonds. The normalized spacial score (nSPS) is 11.6. The highest BCUT2D eigenvalue weighted by Crippen LogP contribution is 2.22. The molecule has 0 aliphatic rings. The molecule has 0 N–H and O–H groups in total. The van der Waals surface area contributed by atoms with Gasteiger partial charge in [0.1, 0.15) is 0 Å². The third-order valence-electron chi connectivity index (χ3n) is 3.48. The highest BCUT2D eigenvalue weighted by atomic mass is 16.6. The lowest BCUT2D eigenvalue weighted by atomic mass is 10.1. The van der Waals surface area contributed by atoms with Crippen molar-refractivity contribution >= 4 is 17.4 Å². The third-order valence-corrected chi connectivity index (χ3v) is 3.48.